The maximum atomic E-state index is 6.55. The second kappa shape index (κ2) is 12.8. The molecular weight excluding hydrogens is 709 g/mol. The first kappa shape index (κ1) is 32.4. The Kier molecular flexibility index (Phi) is 7.16. The summed E-state index contributed by atoms with van der Waals surface area (Å²) < 4.78 is 8.77. The van der Waals surface area contributed by atoms with Gasteiger partial charge >= 0.3 is 0 Å². The van der Waals surface area contributed by atoms with Crippen molar-refractivity contribution in [1.29, 1.82) is 0 Å². The molecule has 0 radical (unpaired) electrons. The maximum absolute atomic E-state index is 6.55. The summed E-state index contributed by atoms with van der Waals surface area (Å²) in [6.45, 7) is 0. The molecule has 0 spiro atoms. The van der Waals surface area contributed by atoms with Crippen molar-refractivity contribution in [3.63, 3.8) is 0 Å². The van der Waals surface area contributed by atoms with Gasteiger partial charge in [-0.1, -0.05) is 170 Å². The van der Waals surface area contributed by atoms with Gasteiger partial charge in [0, 0.05) is 38.1 Å². The van der Waals surface area contributed by atoms with Gasteiger partial charge in [0.15, 0.2) is 11.6 Å². The van der Waals surface area contributed by atoms with Crippen molar-refractivity contribution in [3.05, 3.63) is 194 Å². The molecule has 3 heterocycles. The Morgan fingerprint density at radius 2 is 0.983 bits per heavy atom. The topological polar surface area (TPSA) is 56.7 Å². The van der Waals surface area contributed by atoms with Crippen molar-refractivity contribution in [3.8, 4) is 51.0 Å². The van der Waals surface area contributed by atoms with Gasteiger partial charge in [0.05, 0.1) is 11.0 Å². The van der Waals surface area contributed by atoms with Crippen LogP contribution in [-0.4, -0.2) is 19.5 Å². The standard InChI is InChI=1S/C53H32N4O/c1-2-13-33(14-3-1)34-25-27-36(28-26-34)39-18-8-9-21-43(39)51-54-52(44-22-12-24-47-49(44)45-31-37-16-4-5-17-38(37)32-48(45)58-47)56-53(55-51)57-46-23-11-10-20-41(46)42-30-29-35-15-6-7-19-40(35)50(42)57/h1-32H. The molecule has 5 heteroatoms. The van der Waals surface area contributed by atoms with Gasteiger partial charge in [-0.15, -0.1) is 0 Å². The van der Waals surface area contributed by atoms with E-state index in [1.54, 1.807) is 0 Å². The average Bonchev–Trinajstić information content (AvgIpc) is 3.84. The summed E-state index contributed by atoms with van der Waals surface area (Å²) >= 11 is 0. The molecule has 0 N–H and O–H groups in total. The van der Waals surface area contributed by atoms with E-state index >= 15 is 0 Å². The molecule has 0 amide bonds. The van der Waals surface area contributed by atoms with Gasteiger partial charge in [-0.2, -0.15) is 9.97 Å². The molecule has 0 aliphatic carbocycles. The Labute approximate surface area is 333 Å². The van der Waals surface area contributed by atoms with Crippen LogP contribution in [0.3, 0.4) is 0 Å². The van der Waals surface area contributed by atoms with Crippen molar-refractivity contribution >= 4 is 65.3 Å². The summed E-state index contributed by atoms with van der Waals surface area (Å²) in [4.78, 5) is 16.2. The molecule has 3 aromatic heterocycles. The van der Waals surface area contributed by atoms with Crippen LogP contribution in [0.1, 0.15) is 0 Å². The molecule has 12 aromatic rings. The fourth-order valence-electron chi connectivity index (χ4n) is 8.74. The minimum atomic E-state index is 0.548. The smallest absolute Gasteiger partial charge is 0.238 e. The van der Waals surface area contributed by atoms with Crippen molar-refractivity contribution < 1.29 is 4.42 Å². The molecular formula is C53H32N4O. The van der Waals surface area contributed by atoms with Crippen LogP contribution in [0.2, 0.25) is 0 Å². The molecule has 58 heavy (non-hydrogen) atoms. The SMILES string of the molecule is c1ccc(-c2ccc(-c3ccccc3-c3nc(-c4cccc5oc6cc7ccccc7cc6c45)nc(-n4c5ccccc5c5ccc6ccccc6c54)n3)cc2)cc1. The van der Waals surface area contributed by atoms with Crippen molar-refractivity contribution in [2.45, 2.75) is 0 Å². The maximum Gasteiger partial charge on any atom is 0.238 e. The van der Waals surface area contributed by atoms with E-state index in [9.17, 15) is 0 Å². The highest BCUT2D eigenvalue weighted by Crippen LogP contribution is 2.41. The number of hydrogen-bond acceptors (Lipinski definition) is 4. The molecule has 0 saturated heterocycles. The van der Waals surface area contributed by atoms with E-state index < -0.39 is 0 Å². The van der Waals surface area contributed by atoms with Gasteiger partial charge in [0.25, 0.3) is 0 Å². The van der Waals surface area contributed by atoms with Gasteiger partial charge in [-0.05, 0) is 62.7 Å². The van der Waals surface area contributed by atoms with Crippen molar-refractivity contribution in [2.24, 2.45) is 0 Å². The van der Waals surface area contributed by atoms with Crippen LogP contribution < -0.4 is 0 Å². The average molecular weight is 741 g/mol. The summed E-state index contributed by atoms with van der Waals surface area (Å²) in [5.41, 5.74) is 9.97. The lowest BCUT2D eigenvalue weighted by atomic mass is 9.96. The van der Waals surface area contributed by atoms with E-state index in [0.29, 0.717) is 17.6 Å². The first-order valence-corrected chi connectivity index (χ1v) is 19.5. The van der Waals surface area contributed by atoms with E-state index in [-0.39, 0.29) is 0 Å². The third-order valence-electron chi connectivity index (χ3n) is 11.5. The van der Waals surface area contributed by atoms with Crippen LogP contribution in [-0.2, 0) is 0 Å². The molecule has 270 valence electrons. The first-order valence-electron chi connectivity index (χ1n) is 19.5. The Balaban J connectivity index is 1.15. The van der Waals surface area contributed by atoms with E-state index in [0.717, 1.165) is 87.5 Å². The molecule has 5 nitrogen and oxygen atoms in total. The number of nitrogens with zero attached hydrogens (tertiary/aromatic N) is 4. The van der Waals surface area contributed by atoms with Crippen molar-refractivity contribution in [2.75, 3.05) is 0 Å². The highest BCUT2D eigenvalue weighted by atomic mass is 16.3. The van der Waals surface area contributed by atoms with E-state index in [2.05, 4.69) is 180 Å². The summed E-state index contributed by atoms with van der Waals surface area (Å²) in [5, 5.41) is 8.85. The second-order valence-corrected chi connectivity index (χ2v) is 14.8. The number of aromatic nitrogens is 4. The first-order chi connectivity index (χ1) is 28.7. The van der Waals surface area contributed by atoms with Crippen LogP contribution in [0.25, 0.3) is 116 Å². The minimum Gasteiger partial charge on any atom is -0.456 e. The monoisotopic (exact) mass is 740 g/mol. The molecule has 0 unspecified atom stereocenters. The van der Waals surface area contributed by atoms with Gasteiger partial charge in [-0.3, -0.25) is 4.57 Å². The van der Waals surface area contributed by atoms with Gasteiger partial charge in [-0.25, -0.2) is 4.98 Å². The minimum absolute atomic E-state index is 0.548. The number of fused-ring (bicyclic) bond motifs is 9. The van der Waals surface area contributed by atoms with E-state index in [4.69, 9.17) is 19.4 Å². The lowest BCUT2D eigenvalue weighted by Crippen LogP contribution is -2.07. The lowest BCUT2D eigenvalue weighted by molar-refractivity contribution is 0.669. The van der Waals surface area contributed by atoms with Crippen LogP contribution in [0.5, 0.6) is 0 Å². The molecule has 0 saturated carbocycles. The van der Waals surface area contributed by atoms with Crippen LogP contribution in [0, 0.1) is 0 Å². The molecule has 0 bridgehead atoms. The summed E-state index contributed by atoms with van der Waals surface area (Å²) in [5.74, 6) is 1.71. The summed E-state index contributed by atoms with van der Waals surface area (Å²) in [6, 6.07) is 68.0. The van der Waals surface area contributed by atoms with Crippen LogP contribution in [0.4, 0.5) is 0 Å². The molecule has 0 aliphatic heterocycles. The number of hydrogen-bond donors (Lipinski definition) is 0. The second-order valence-electron chi connectivity index (χ2n) is 14.8. The lowest BCUT2D eigenvalue weighted by Gasteiger charge is -2.14. The fraction of sp³-hybridized carbons (Fsp3) is 0. The Morgan fingerprint density at radius 3 is 1.81 bits per heavy atom. The predicted octanol–water partition coefficient (Wildman–Crippen LogP) is 13.8. The Morgan fingerprint density at radius 1 is 0.362 bits per heavy atom. The third kappa shape index (κ3) is 5.07. The zero-order valence-corrected chi connectivity index (χ0v) is 31.2. The summed E-state index contributed by atoms with van der Waals surface area (Å²) in [7, 11) is 0. The van der Waals surface area contributed by atoms with Gasteiger partial charge < -0.3 is 4.42 Å². The molecule has 12 rings (SSSR count). The third-order valence-corrected chi connectivity index (χ3v) is 11.5. The molecule has 0 fully saturated rings. The highest BCUT2D eigenvalue weighted by Gasteiger charge is 2.22. The van der Waals surface area contributed by atoms with E-state index in [1.807, 2.05) is 18.2 Å². The largest absolute Gasteiger partial charge is 0.456 e. The van der Waals surface area contributed by atoms with Crippen LogP contribution in [0.15, 0.2) is 199 Å². The zero-order chi connectivity index (χ0) is 38.2. The van der Waals surface area contributed by atoms with Gasteiger partial charge in [0.2, 0.25) is 5.95 Å². The van der Waals surface area contributed by atoms with E-state index in [1.165, 1.54) is 11.1 Å². The van der Waals surface area contributed by atoms with Gasteiger partial charge in [0.1, 0.15) is 11.2 Å². The number of furan rings is 1. The number of benzene rings is 9. The normalized spacial score (nSPS) is 11.8. The molecule has 0 atom stereocenters. The zero-order valence-electron chi connectivity index (χ0n) is 31.2. The number of para-hydroxylation sites is 1. The molecule has 0 aliphatic rings. The Bertz CT molecular complexity index is 3560. The van der Waals surface area contributed by atoms with Crippen molar-refractivity contribution in [1.82, 2.24) is 19.5 Å². The predicted molar refractivity (Wildman–Crippen MR) is 238 cm³/mol. The fourth-order valence-corrected chi connectivity index (χ4v) is 8.74. The highest BCUT2D eigenvalue weighted by molar-refractivity contribution is 6.19. The molecule has 9 aromatic carbocycles. The Hall–Kier alpha value is -7.89. The summed E-state index contributed by atoms with van der Waals surface area (Å²) in [6.07, 6.45) is 0. The quantitative estimate of drug-likeness (QED) is 0.176. The number of rotatable bonds is 5. The van der Waals surface area contributed by atoms with Crippen LogP contribution >= 0.6 is 0 Å².